The summed E-state index contributed by atoms with van der Waals surface area (Å²) in [4.78, 5) is 9.13. The number of anilines is 2. The van der Waals surface area contributed by atoms with Crippen LogP contribution in [0.4, 0.5) is 11.5 Å². The zero-order valence-electron chi connectivity index (χ0n) is 14.3. The van der Waals surface area contributed by atoms with E-state index in [0.717, 1.165) is 45.8 Å². The summed E-state index contributed by atoms with van der Waals surface area (Å²) in [5.41, 5.74) is 2.93. The Morgan fingerprint density at radius 3 is 2.76 bits per heavy atom. The Morgan fingerprint density at radius 1 is 1.24 bits per heavy atom. The molecular weight excluding hydrogens is 360 g/mol. The zero-order valence-corrected chi connectivity index (χ0v) is 15.9. The standard InChI is InChI=1S/C16H20N4O3S2/c1-20(2)25(21,22)23-12-7-4-6-11(10-12)17-15-13-8-5-9-14(13)18-16(19-15)24-3/h4,6-7,10H,5,8-9H2,1-3H3,(H,17,18,19). The number of aromatic nitrogens is 2. The van der Waals surface area contributed by atoms with E-state index in [1.54, 1.807) is 18.2 Å². The third-order valence-electron chi connectivity index (χ3n) is 3.84. The van der Waals surface area contributed by atoms with Crippen LogP contribution in [0.5, 0.6) is 5.75 Å². The Morgan fingerprint density at radius 2 is 2.04 bits per heavy atom. The predicted molar refractivity (Wildman–Crippen MR) is 98.8 cm³/mol. The van der Waals surface area contributed by atoms with Crippen molar-refractivity contribution in [3.63, 3.8) is 0 Å². The van der Waals surface area contributed by atoms with Gasteiger partial charge in [0, 0.05) is 31.4 Å². The van der Waals surface area contributed by atoms with Crippen molar-refractivity contribution in [1.29, 1.82) is 0 Å². The second kappa shape index (κ2) is 7.19. The van der Waals surface area contributed by atoms with E-state index in [0.29, 0.717) is 5.69 Å². The summed E-state index contributed by atoms with van der Waals surface area (Å²) in [5.74, 6) is 1.02. The van der Waals surface area contributed by atoms with Gasteiger partial charge in [-0.3, -0.25) is 0 Å². The molecule has 1 aromatic carbocycles. The van der Waals surface area contributed by atoms with Gasteiger partial charge in [-0.05, 0) is 37.7 Å². The summed E-state index contributed by atoms with van der Waals surface area (Å²) in [6.07, 6.45) is 4.92. The highest BCUT2D eigenvalue weighted by Gasteiger charge is 2.20. The molecule has 0 saturated heterocycles. The van der Waals surface area contributed by atoms with Crippen molar-refractivity contribution in [2.45, 2.75) is 24.4 Å². The minimum Gasteiger partial charge on any atom is -0.371 e. The molecule has 1 aromatic heterocycles. The van der Waals surface area contributed by atoms with Gasteiger partial charge in [0.15, 0.2) is 5.16 Å². The molecule has 1 aliphatic rings. The number of fused-ring (bicyclic) bond motifs is 1. The van der Waals surface area contributed by atoms with E-state index in [2.05, 4.69) is 15.3 Å². The number of thioether (sulfide) groups is 1. The number of rotatable bonds is 6. The minimum atomic E-state index is -3.78. The fourth-order valence-electron chi connectivity index (χ4n) is 2.56. The number of hydrogen-bond acceptors (Lipinski definition) is 7. The lowest BCUT2D eigenvalue weighted by atomic mass is 10.2. The highest BCUT2D eigenvalue weighted by atomic mass is 32.2. The van der Waals surface area contributed by atoms with Gasteiger partial charge in [0.05, 0.1) is 5.69 Å². The van der Waals surface area contributed by atoms with Crippen molar-refractivity contribution < 1.29 is 12.6 Å². The van der Waals surface area contributed by atoms with Crippen molar-refractivity contribution in [3.05, 3.63) is 35.5 Å². The third kappa shape index (κ3) is 4.05. The number of aryl methyl sites for hydroxylation is 1. The highest BCUT2D eigenvalue weighted by Crippen LogP contribution is 2.31. The second-order valence-electron chi connectivity index (χ2n) is 5.81. The Hall–Kier alpha value is -1.84. The minimum absolute atomic E-state index is 0.245. The molecular formula is C16H20N4O3S2. The van der Waals surface area contributed by atoms with Crippen LogP contribution in [0.2, 0.25) is 0 Å². The first-order chi connectivity index (χ1) is 11.9. The van der Waals surface area contributed by atoms with Gasteiger partial charge < -0.3 is 9.50 Å². The Kier molecular flexibility index (Phi) is 5.16. The summed E-state index contributed by atoms with van der Waals surface area (Å²) in [5, 5.41) is 4.01. The van der Waals surface area contributed by atoms with Gasteiger partial charge in [-0.1, -0.05) is 17.8 Å². The molecule has 0 radical (unpaired) electrons. The first-order valence-electron chi connectivity index (χ1n) is 7.82. The van der Waals surface area contributed by atoms with Crippen LogP contribution < -0.4 is 9.50 Å². The molecule has 25 heavy (non-hydrogen) atoms. The second-order valence-corrected chi connectivity index (χ2v) is 8.34. The van der Waals surface area contributed by atoms with Crippen LogP contribution in [0, 0.1) is 0 Å². The van der Waals surface area contributed by atoms with E-state index in [1.807, 2.05) is 12.3 Å². The maximum Gasteiger partial charge on any atom is 0.384 e. The quantitative estimate of drug-likeness (QED) is 0.609. The highest BCUT2D eigenvalue weighted by molar-refractivity contribution is 7.98. The monoisotopic (exact) mass is 380 g/mol. The lowest BCUT2D eigenvalue weighted by Gasteiger charge is -2.14. The van der Waals surface area contributed by atoms with Crippen LogP contribution in [-0.4, -0.2) is 43.0 Å². The molecule has 0 aliphatic heterocycles. The topological polar surface area (TPSA) is 84.4 Å². The van der Waals surface area contributed by atoms with Gasteiger partial charge in [-0.15, -0.1) is 0 Å². The Labute approximate surface area is 152 Å². The van der Waals surface area contributed by atoms with E-state index in [9.17, 15) is 8.42 Å². The van der Waals surface area contributed by atoms with Crippen molar-refractivity contribution >= 4 is 33.6 Å². The predicted octanol–water partition coefficient (Wildman–Crippen LogP) is 2.62. The van der Waals surface area contributed by atoms with Crippen LogP contribution in [0.15, 0.2) is 29.4 Å². The molecule has 2 aromatic rings. The fourth-order valence-corrected chi connectivity index (χ4v) is 3.44. The van der Waals surface area contributed by atoms with Crippen LogP contribution in [-0.2, 0) is 23.1 Å². The lowest BCUT2D eigenvalue weighted by Crippen LogP contribution is -2.27. The van der Waals surface area contributed by atoms with Crippen molar-refractivity contribution in [2.75, 3.05) is 25.7 Å². The number of benzene rings is 1. The maximum atomic E-state index is 11.9. The van der Waals surface area contributed by atoms with Gasteiger partial charge in [-0.2, -0.15) is 12.7 Å². The molecule has 134 valence electrons. The molecule has 0 amide bonds. The van der Waals surface area contributed by atoms with Crippen molar-refractivity contribution in [2.24, 2.45) is 0 Å². The van der Waals surface area contributed by atoms with Gasteiger partial charge in [0.2, 0.25) is 0 Å². The number of nitrogens with zero attached hydrogens (tertiary/aromatic N) is 3. The maximum absolute atomic E-state index is 11.9. The molecule has 0 atom stereocenters. The van der Waals surface area contributed by atoms with Crippen molar-refractivity contribution in [1.82, 2.24) is 14.3 Å². The Balaban J connectivity index is 1.87. The van der Waals surface area contributed by atoms with E-state index in [1.165, 1.54) is 25.9 Å². The molecule has 1 aliphatic carbocycles. The summed E-state index contributed by atoms with van der Waals surface area (Å²) >= 11 is 1.50. The van der Waals surface area contributed by atoms with Crippen LogP contribution in [0.25, 0.3) is 0 Å². The summed E-state index contributed by atoms with van der Waals surface area (Å²) in [6.45, 7) is 0. The van der Waals surface area contributed by atoms with Crippen molar-refractivity contribution in [3.8, 4) is 5.75 Å². The average molecular weight is 380 g/mol. The van der Waals surface area contributed by atoms with E-state index >= 15 is 0 Å². The molecule has 0 fully saturated rings. The van der Waals surface area contributed by atoms with Gasteiger partial charge in [0.1, 0.15) is 11.6 Å². The van der Waals surface area contributed by atoms with E-state index < -0.39 is 10.3 Å². The van der Waals surface area contributed by atoms with E-state index in [4.69, 9.17) is 4.18 Å². The molecule has 0 unspecified atom stereocenters. The molecule has 7 nitrogen and oxygen atoms in total. The molecule has 1 N–H and O–H groups in total. The smallest absolute Gasteiger partial charge is 0.371 e. The van der Waals surface area contributed by atoms with E-state index in [-0.39, 0.29) is 5.75 Å². The molecule has 1 heterocycles. The number of hydrogen-bond donors (Lipinski definition) is 1. The summed E-state index contributed by atoms with van der Waals surface area (Å²) in [7, 11) is -0.940. The largest absolute Gasteiger partial charge is 0.384 e. The molecule has 0 spiro atoms. The molecule has 0 saturated carbocycles. The normalized spacial score (nSPS) is 13.8. The van der Waals surface area contributed by atoms with Crippen LogP contribution >= 0.6 is 11.8 Å². The molecule has 9 heteroatoms. The first-order valence-corrected chi connectivity index (χ1v) is 10.4. The lowest BCUT2D eigenvalue weighted by molar-refractivity contribution is 0.421. The van der Waals surface area contributed by atoms with Gasteiger partial charge in [-0.25, -0.2) is 9.97 Å². The van der Waals surface area contributed by atoms with Gasteiger partial charge in [0.25, 0.3) is 0 Å². The summed E-state index contributed by atoms with van der Waals surface area (Å²) < 4.78 is 29.9. The van der Waals surface area contributed by atoms with Crippen LogP contribution in [0.1, 0.15) is 17.7 Å². The average Bonchev–Trinajstić information content (AvgIpc) is 3.03. The Bertz CT molecular complexity index is 885. The SMILES string of the molecule is CSc1nc2c(c(Nc3cccc(OS(=O)(=O)N(C)C)c3)n1)CCC2. The fraction of sp³-hybridized carbons (Fsp3) is 0.375. The van der Waals surface area contributed by atoms with Gasteiger partial charge >= 0.3 is 10.3 Å². The van der Waals surface area contributed by atoms with Crippen LogP contribution in [0.3, 0.4) is 0 Å². The zero-order chi connectivity index (χ0) is 18.0. The number of nitrogens with one attached hydrogen (secondary N) is 1. The first kappa shape index (κ1) is 18.0. The molecule has 3 rings (SSSR count). The summed E-state index contributed by atoms with van der Waals surface area (Å²) in [6, 6.07) is 6.82. The third-order valence-corrected chi connectivity index (χ3v) is 5.69. The molecule has 0 bridgehead atoms.